The van der Waals surface area contributed by atoms with Crippen LogP contribution in [0.2, 0.25) is 0 Å². The lowest BCUT2D eigenvalue weighted by atomic mass is 10.2. The van der Waals surface area contributed by atoms with Gasteiger partial charge in [-0.3, -0.25) is 19.3 Å². The molecule has 1 aliphatic heterocycles. The average Bonchev–Trinajstić information content (AvgIpc) is 2.63. The third-order valence-corrected chi connectivity index (χ3v) is 3.28. The molecule has 0 atom stereocenters. The second-order valence-electron chi connectivity index (χ2n) is 4.83. The lowest BCUT2D eigenvalue weighted by molar-refractivity contribution is -0.119. The van der Waals surface area contributed by atoms with Crippen LogP contribution in [0.1, 0.15) is 16.8 Å². The quantitative estimate of drug-likeness (QED) is 0.741. The second kappa shape index (κ2) is 6.33. The van der Waals surface area contributed by atoms with E-state index in [1.807, 2.05) is 4.90 Å². The topological polar surface area (TPSA) is 99.5 Å². The van der Waals surface area contributed by atoms with E-state index in [1.54, 1.807) is 11.0 Å². The van der Waals surface area contributed by atoms with Crippen molar-refractivity contribution in [3.8, 4) is 0 Å². The van der Waals surface area contributed by atoms with E-state index in [9.17, 15) is 14.4 Å². The maximum absolute atomic E-state index is 12.3. The number of carbonyl (C=O) groups is 2. The number of carbonyl (C=O) groups excluding carboxylic acids is 2. The average molecular weight is 278 g/mol. The summed E-state index contributed by atoms with van der Waals surface area (Å²) in [4.78, 5) is 40.6. The molecule has 1 fully saturated rings. The van der Waals surface area contributed by atoms with Crippen LogP contribution < -0.4 is 11.3 Å². The number of aromatic amines is 1. The molecule has 3 N–H and O–H groups in total. The van der Waals surface area contributed by atoms with Crippen molar-refractivity contribution < 1.29 is 9.59 Å². The lowest BCUT2D eigenvalue weighted by Crippen LogP contribution is -2.38. The molecule has 0 saturated carbocycles. The summed E-state index contributed by atoms with van der Waals surface area (Å²) in [7, 11) is 0. The molecule has 108 valence electrons. The molecule has 1 aliphatic rings. The minimum atomic E-state index is -0.362. The van der Waals surface area contributed by atoms with Gasteiger partial charge >= 0.3 is 0 Å². The van der Waals surface area contributed by atoms with Crippen molar-refractivity contribution in [1.82, 2.24) is 14.8 Å². The van der Waals surface area contributed by atoms with E-state index in [0.29, 0.717) is 25.2 Å². The fourth-order valence-electron chi connectivity index (χ4n) is 2.31. The van der Waals surface area contributed by atoms with Crippen molar-refractivity contribution in [3.05, 3.63) is 34.2 Å². The summed E-state index contributed by atoms with van der Waals surface area (Å²) >= 11 is 0. The molecular weight excluding hydrogens is 260 g/mol. The van der Waals surface area contributed by atoms with Crippen LogP contribution >= 0.6 is 0 Å². The first kappa shape index (κ1) is 14.3. The highest BCUT2D eigenvalue weighted by atomic mass is 16.2. The van der Waals surface area contributed by atoms with Gasteiger partial charge in [0, 0.05) is 44.0 Å². The Morgan fingerprint density at radius 2 is 2.05 bits per heavy atom. The molecular formula is C13H18N4O3. The molecule has 7 nitrogen and oxygen atoms in total. The predicted octanol–water partition coefficient (Wildman–Crippen LogP) is -0.992. The summed E-state index contributed by atoms with van der Waals surface area (Å²) < 4.78 is 0. The highest BCUT2D eigenvalue weighted by Crippen LogP contribution is 2.07. The van der Waals surface area contributed by atoms with Gasteiger partial charge < -0.3 is 15.6 Å². The first-order chi connectivity index (χ1) is 9.56. The van der Waals surface area contributed by atoms with Crippen LogP contribution in [-0.2, 0) is 4.79 Å². The Balaban J connectivity index is 2.01. The Bertz CT molecular complexity index is 555. The number of hydrogen-bond donors (Lipinski definition) is 2. The number of nitrogens with one attached hydrogen (secondary N) is 1. The smallest absolute Gasteiger partial charge is 0.254 e. The van der Waals surface area contributed by atoms with Crippen molar-refractivity contribution in [2.24, 2.45) is 5.73 Å². The third-order valence-electron chi connectivity index (χ3n) is 3.28. The molecule has 0 radical (unpaired) electrons. The molecule has 2 amide bonds. The van der Waals surface area contributed by atoms with Crippen LogP contribution in [-0.4, -0.2) is 59.3 Å². The highest BCUT2D eigenvalue weighted by Gasteiger charge is 2.21. The number of hydrogen-bond acceptors (Lipinski definition) is 4. The zero-order chi connectivity index (χ0) is 14.5. The molecule has 0 spiro atoms. The highest BCUT2D eigenvalue weighted by molar-refractivity contribution is 5.94. The minimum Gasteiger partial charge on any atom is -0.369 e. The number of pyridine rings is 1. The molecule has 1 aromatic heterocycles. The monoisotopic (exact) mass is 278 g/mol. The lowest BCUT2D eigenvalue weighted by Gasteiger charge is -2.21. The van der Waals surface area contributed by atoms with E-state index in [0.717, 1.165) is 13.0 Å². The maximum atomic E-state index is 12.3. The summed E-state index contributed by atoms with van der Waals surface area (Å²) in [5.41, 5.74) is 5.27. The van der Waals surface area contributed by atoms with Crippen LogP contribution in [0.4, 0.5) is 0 Å². The van der Waals surface area contributed by atoms with Crippen LogP contribution in [0.5, 0.6) is 0 Å². The van der Waals surface area contributed by atoms with Crippen molar-refractivity contribution in [2.45, 2.75) is 6.42 Å². The number of amides is 2. The van der Waals surface area contributed by atoms with Crippen molar-refractivity contribution in [2.75, 3.05) is 32.7 Å². The van der Waals surface area contributed by atoms with Gasteiger partial charge in [-0.15, -0.1) is 0 Å². The number of primary amides is 1. The largest absolute Gasteiger partial charge is 0.369 e. The van der Waals surface area contributed by atoms with E-state index < -0.39 is 0 Å². The van der Waals surface area contributed by atoms with Gasteiger partial charge in [0.05, 0.1) is 6.54 Å². The molecule has 1 aromatic rings. The fourth-order valence-corrected chi connectivity index (χ4v) is 2.31. The summed E-state index contributed by atoms with van der Waals surface area (Å²) in [5.74, 6) is -0.517. The van der Waals surface area contributed by atoms with E-state index >= 15 is 0 Å². The number of nitrogens with two attached hydrogens (primary N) is 1. The molecule has 2 rings (SSSR count). The predicted molar refractivity (Wildman–Crippen MR) is 73.2 cm³/mol. The maximum Gasteiger partial charge on any atom is 0.254 e. The molecule has 1 saturated heterocycles. The standard InChI is InChI=1S/C13H18N4O3/c14-11(18)9-16-4-1-5-17(7-6-16)13(20)10-2-3-15-12(19)8-10/h2-3,8H,1,4-7,9H2,(H2,14,18)(H,15,19). The van der Waals surface area contributed by atoms with Crippen molar-refractivity contribution >= 4 is 11.8 Å². The Labute approximate surface area is 116 Å². The Kier molecular flexibility index (Phi) is 4.52. The van der Waals surface area contributed by atoms with Gasteiger partial charge in [0.15, 0.2) is 0 Å². The van der Waals surface area contributed by atoms with Gasteiger partial charge in [-0.2, -0.15) is 0 Å². The molecule has 20 heavy (non-hydrogen) atoms. The first-order valence-corrected chi connectivity index (χ1v) is 6.55. The summed E-state index contributed by atoms with van der Waals surface area (Å²) in [6.07, 6.45) is 2.25. The third kappa shape index (κ3) is 3.67. The Morgan fingerprint density at radius 1 is 1.25 bits per heavy atom. The van der Waals surface area contributed by atoms with Gasteiger partial charge in [-0.25, -0.2) is 0 Å². The van der Waals surface area contributed by atoms with E-state index in [1.165, 1.54) is 12.3 Å². The number of rotatable bonds is 3. The molecule has 0 aromatic carbocycles. The normalized spacial score (nSPS) is 16.7. The molecule has 7 heteroatoms. The zero-order valence-corrected chi connectivity index (χ0v) is 11.2. The summed E-state index contributed by atoms with van der Waals surface area (Å²) in [5, 5.41) is 0. The van der Waals surface area contributed by atoms with Crippen molar-refractivity contribution in [1.29, 1.82) is 0 Å². The SMILES string of the molecule is NC(=O)CN1CCCN(C(=O)c2cc[nH]c(=O)c2)CC1. The van der Waals surface area contributed by atoms with Gasteiger partial charge in [-0.1, -0.05) is 0 Å². The Hall–Kier alpha value is -2.15. The number of H-pyrrole nitrogens is 1. The molecule has 2 heterocycles. The van der Waals surface area contributed by atoms with Crippen LogP contribution in [0.15, 0.2) is 23.1 Å². The van der Waals surface area contributed by atoms with Gasteiger partial charge in [-0.05, 0) is 12.5 Å². The Morgan fingerprint density at radius 3 is 2.75 bits per heavy atom. The number of aromatic nitrogens is 1. The van der Waals surface area contributed by atoms with Crippen LogP contribution in [0.3, 0.4) is 0 Å². The van der Waals surface area contributed by atoms with E-state index in [4.69, 9.17) is 5.73 Å². The van der Waals surface area contributed by atoms with E-state index in [2.05, 4.69) is 4.98 Å². The first-order valence-electron chi connectivity index (χ1n) is 6.55. The zero-order valence-electron chi connectivity index (χ0n) is 11.2. The van der Waals surface area contributed by atoms with Crippen LogP contribution in [0, 0.1) is 0 Å². The second-order valence-corrected chi connectivity index (χ2v) is 4.83. The summed E-state index contributed by atoms with van der Waals surface area (Å²) in [6, 6.07) is 2.89. The number of nitrogens with zero attached hydrogens (tertiary/aromatic N) is 2. The molecule has 0 aliphatic carbocycles. The van der Waals surface area contributed by atoms with Gasteiger partial charge in [0.1, 0.15) is 0 Å². The fraction of sp³-hybridized carbons (Fsp3) is 0.462. The molecule has 0 unspecified atom stereocenters. The summed E-state index contributed by atoms with van der Waals surface area (Å²) in [6.45, 7) is 2.70. The van der Waals surface area contributed by atoms with Gasteiger partial charge in [0.2, 0.25) is 11.5 Å². The minimum absolute atomic E-state index is 0.156. The molecule has 0 bridgehead atoms. The van der Waals surface area contributed by atoms with Crippen molar-refractivity contribution in [3.63, 3.8) is 0 Å². The van der Waals surface area contributed by atoms with Crippen LogP contribution in [0.25, 0.3) is 0 Å². The van der Waals surface area contributed by atoms with Gasteiger partial charge in [0.25, 0.3) is 5.91 Å². The van der Waals surface area contributed by atoms with E-state index in [-0.39, 0.29) is 23.9 Å².